The van der Waals surface area contributed by atoms with E-state index in [-0.39, 0.29) is 0 Å². The van der Waals surface area contributed by atoms with Crippen molar-refractivity contribution in [3.63, 3.8) is 0 Å². The molecule has 1 aliphatic heterocycles. The van der Waals surface area contributed by atoms with Gasteiger partial charge in [-0.05, 0) is 45.8 Å². The highest BCUT2D eigenvalue weighted by Crippen LogP contribution is 2.27. The first-order valence-corrected chi connectivity index (χ1v) is 6.97. The fraction of sp³-hybridized carbons (Fsp3) is 0.929. The lowest BCUT2D eigenvalue weighted by Crippen LogP contribution is -2.37. The van der Waals surface area contributed by atoms with Crippen molar-refractivity contribution in [3.05, 3.63) is 0 Å². The number of likely N-dealkylation sites (tertiary alicyclic amines) is 1. The molecule has 17 heavy (non-hydrogen) atoms. The van der Waals surface area contributed by atoms with Crippen molar-refractivity contribution >= 4 is 5.78 Å². The summed E-state index contributed by atoms with van der Waals surface area (Å²) in [6.07, 6.45) is 4.29. The Labute approximate surface area is 105 Å². The number of likely N-dealkylation sites (N-methyl/N-ethyl adjacent to an activating group) is 1. The Morgan fingerprint density at radius 2 is 2.12 bits per heavy atom. The molecule has 98 valence electrons. The van der Waals surface area contributed by atoms with Crippen LogP contribution in [0.4, 0.5) is 0 Å². The van der Waals surface area contributed by atoms with Crippen molar-refractivity contribution in [1.82, 2.24) is 9.80 Å². The van der Waals surface area contributed by atoms with Crippen LogP contribution in [0.3, 0.4) is 0 Å². The number of hydrogen-bond donors (Lipinski definition) is 0. The third kappa shape index (κ3) is 3.29. The second kappa shape index (κ2) is 5.49. The molecular weight excluding hydrogens is 212 g/mol. The average molecular weight is 238 g/mol. The van der Waals surface area contributed by atoms with E-state index in [4.69, 9.17) is 0 Å². The van der Waals surface area contributed by atoms with Gasteiger partial charge in [0.2, 0.25) is 0 Å². The molecule has 1 saturated heterocycles. The van der Waals surface area contributed by atoms with Crippen molar-refractivity contribution in [2.24, 2.45) is 11.8 Å². The molecule has 3 heteroatoms. The van der Waals surface area contributed by atoms with Crippen LogP contribution in [0.5, 0.6) is 0 Å². The molecule has 0 amide bonds. The summed E-state index contributed by atoms with van der Waals surface area (Å²) in [5.74, 6) is 1.57. The molecular formula is C14H26N2O. The van der Waals surface area contributed by atoms with Gasteiger partial charge in [-0.15, -0.1) is 0 Å². The number of Topliss-reactive ketones (excluding diaryl/α,β-unsaturated/α-hetero) is 1. The standard InChI is InChI=1S/C14H26N2O/c1-11-4-5-14(17)12(8-11)9-16-7-6-13(10-16)15(2)3/h11-13H,4-10H2,1-3H3. The Hall–Kier alpha value is -0.410. The summed E-state index contributed by atoms with van der Waals surface area (Å²) >= 11 is 0. The van der Waals surface area contributed by atoms with Crippen LogP contribution in [0, 0.1) is 11.8 Å². The first-order chi connectivity index (χ1) is 8.06. The van der Waals surface area contributed by atoms with Crippen LogP contribution in [-0.4, -0.2) is 55.4 Å². The first kappa shape index (κ1) is 13.0. The summed E-state index contributed by atoms with van der Waals surface area (Å²) in [4.78, 5) is 16.7. The molecule has 0 aromatic rings. The van der Waals surface area contributed by atoms with Crippen molar-refractivity contribution in [2.45, 2.75) is 38.6 Å². The van der Waals surface area contributed by atoms with Crippen molar-refractivity contribution < 1.29 is 4.79 Å². The lowest BCUT2D eigenvalue weighted by atomic mass is 9.81. The Bertz CT molecular complexity index is 277. The van der Waals surface area contributed by atoms with Gasteiger partial charge in [-0.3, -0.25) is 4.79 Å². The molecule has 0 aromatic carbocycles. The third-order valence-corrected chi connectivity index (χ3v) is 4.48. The van der Waals surface area contributed by atoms with Gasteiger partial charge in [0.15, 0.2) is 0 Å². The van der Waals surface area contributed by atoms with Crippen molar-refractivity contribution in [1.29, 1.82) is 0 Å². The summed E-state index contributed by atoms with van der Waals surface area (Å²) < 4.78 is 0. The van der Waals surface area contributed by atoms with Gasteiger partial charge in [0.05, 0.1) is 0 Å². The maximum Gasteiger partial charge on any atom is 0.137 e. The third-order valence-electron chi connectivity index (χ3n) is 4.48. The van der Waals surface area contributed by atoms with Gasteiger partial charge in [-0.25, -0.2) is 0 Å². The largest absolute Gasteiger partial charge is 0.305 e. The minimum atomic E-state index is 0.319. The molecule has 2 aliphatic rings. The van der Waals surface area contributed by atoms with Crippen LogP contribution < -0.4 is 0 Å². The van der Waals surface area contributed by atoms with Crippen molar-refractivity contribution in [2.75, 3.05) is 33.7 Å². The quantitative estimate of drug-likeness (QED) is 0.746. The molecule has 1 aliphatic carbocycles. The van der Waals surface area contributed by atoms with Gasteiger partial charge in [-0.1, -0.05) is 6.92 Å². The highest BCUT2D eigenvalue weighted by Gasteiger charge is 2.31. The van der Waals surface area contributed by atoms with E-state index in [0.29, 0.717) is 17.7 Å². The van der Waals surface area contributed by atoms with E-state index in [0.717, 1.165) is 38.3 Å². The molecule has 3 nitrogen and oxygen atoms in total. The van der Waals surface area contributed by atoms with E-state index in [1.807, 2.05) is 0 Å². The lowest BCUT2D eigenvalue weighted by Gasteiger charge is -2.29. The highest BCUT2D eigenvalue weighted by atomic mass is 16.1. The first-order valence-electron chi connectivity index (χ1n) is 6.97. The van der Waals surface area contributed by atoms with Crippen LogP contribution in [-0.2, 0) is 4.79 Å². The fourth-order valence-electron chi connectivity index (χ4n) is 3.22. The van der Waals surface area contributed by atoms with Crippen LogP contribution in [0.25, 0.3) is 0 Å². The number of rotatable bonds is 3. The normalized spacial score (nSPS) is 35.8. The molecule has 0 aromatic heterocycles. The predicted octanol–water partition coefficient (Wildman–Crippen LogP) is 1.63. The van der Waals surface area contributed by atoms with Gasteiger partial charge in [0.25, 0.3) is 0 Å². The minimum Gasteiger partial charge on any atom is -0.305 e. The highest BCUT2D eigenvalue weighted by molar-refractivity contribution is 5.81. The molecule has 2 rings (SSSR count). The van der Waals surface area contributed by atoms with E-state index >= 15 is 0 Å². The lowest BCUT2D eigenvalue weighted by molar-refractivity contribution is -0.126. The monoisotopic (exact) mass is 238 g/mol. The fourth-order valence-corrected chi connectivity index (χ4v) is 3.22. The predicted molar refractivity (Wildman–Crippen MR) is 70.0 cm³/mol. The average Bonchev–Trinajstić information content (AvgIpc) is 2.72. The zero-order valence-corrected chi connectivity index (χ0v) is 11.5. The topological polar surface area (TPSA) is 23.6 Å². The number of nitrogens with zero attached hydrogens (tertiary/aromatic N) is 2. The Balaban J connectivity index is 1.83. The van der Waals surface area contributed by atoms with Crippen molar-refractivity contribution in [3.8, 4) is 0 Å². The smallest absolute Gasteiger partial charge is 0.137 e. The second-order valence-electron chi connectivity index (χ2n) is 6.21. The minimum absolute atomic E-state index is 0.319. The van der Waals surface area contributed by atoms with Gasteiger partial charge in [0.1, 0.15) is 5.78 Å². The zero-order chi connectivity index (χ0) is 12.4. The van der Waals surface area contributed by atoms with Crippen LogP contribution in [0.1, 0.15) is 32.6 Å². The summed E-state index contributed by atoms with van der Waals surface area (Å²) in [7, 11) is 4.31. The molecule has 0 spiro atoms. The van der Waals surface area contributed by atoms with Gasteiger partial charge in [0, 0.05) is 31.5 Å². The summed E-state index contributed by atoms with van der Waals surface area (Å²) in [6.45, 7) is 5.60. The molecule has 2 fully saturated rings. The molecule has 1 saturated carbocycles. The number of carbonyl (C=O) groups excluding carboxylic acids is 1. The SMILES string of the molecule is CC1CCC(=O)C(CN2CCC(N(C)C)C2)C1. The van der Waals surface area contributed by atoms with Gasteiger partial charge >= 0.3 is 0 Å². The van der Waals surface area contributed by atoms with E-state index in [2.05, 4.69) is 30.8 Å². The van der Waals surface area contributed by atoms with E-state index in [1.54, 1.807) is 0 Å². The Morgan fingerprint density at radius 1 is 1.35 bits per heavy atom. The molecule has 3 unspecified atom stereocenters. The van der Waals surface area contributed by atoms with Crippen LogP contribution in [0.15, 0.2) is 0 Å². The zero-order valence-electron chi connectivity index (χ0n) is 11.5. The van der Waals surface area contributed by atoms with Crippen LogP contribution in [0.2, 0.25) is 0 Å². The summed E-state index contributed by atoms with van der Waals surface area (Å²) in [5, 5.41) is 0. The van der Waals surface area contributed by atoms with E-state index in [1.165, 1.54) is 13.0 Å². The maximum atomic E-state index is 11.9. The Kier molecular flexibility index (Phi) is 4.21. The van der Waals surface area contributed by atoms with Crippen LogP contribution >= 0.6 is 0 Å². The van der Waals surface area contributed by atoms with Gasteiger partial charge < -0.3 is 9.80 Å². The summed E-state index contributed by atoms with van der Waals surface area (Å²) in [5.41, 5.74) is 0. The van der Waals surface area contributed by atoms with E-state index in [9.17, 15) is 4.79 Å². The second-order valence-corrected chi connectivity index (χ2v) is 6.21. The Morgan fingerprint density at radius 3 is 2.76 bits per heavy atom. The maximum absolute atomic E-state index is 11.9. The molecule has 0 radical (unpaired) electrons. The van der Waals surface area contributed by atoms with E-state index < -0.39 is 0 Å². The molecule has 3 atom stereocenters. The molecule has 1 heterocycles. The number of ketones is 1. The molecule has 0 bridgehead atoms. The number of hydrogen-bond acceptors (Lipinski definition) is 3. The summed E-state index contributed by atoms with van der Waals surface area (Å²) in [6, 6.07) is 0.686. The molecule has 0 N–H and O–H groups in total. The van der Waals surface area contributed by atoms with Gasteiger partial charge in [-0.2, -0.15) is 0 Å². The number of carbonyl (C=O) groups is 1.